The Hall–Kier alpha value is -3.93. The molecule has 0 aliphatic carbocycles. The number of benzene rings is 2. The third kappa shape index (κ3) is 4.56. The van der Waals surface area contributed by atoms with E-state index in [0.717, 1.165) is 22.3 Å². The Bertz CT molecular complexity index is 1310. The van der Waals surface area contributed by atoms with Gasteiger partial charge in [0.2, 0.25) is 0 Å². The summed E-state index contributed by atoms with van der Waals surface area (Å²) in [5, 5.41) is 11.5. The van der Waals surface area contributed by atoms with Gasteiger partial charge in [-0.2, -0.15) is 0 Å². The van der Waals surface area contributed by atoms with Crippen molar-refractivity contribution >= 4 is 17.4 Å². The summed E-state index contributed by atoms with van der Waals surface area (Å²) < 4.78 is 5.53. The van der Waals surface area contributed by atoms with Gasteiger partial charge >= 0.3 is 0 Å². The van der Waals surface area contributed by atoms with Crippen LogP contribution >= 0.6 is 0 Å². The van der Waals surface area contributed by atoms with E-state index in [1.165, 1.54) is 4.90 Å². The number of likely N-dealkylation sites (tertiary alicyclic amines) is 1. The van der Waals surface area contributed by atoms with Crippen LogP contribution in [0.3, 0.4) is 0 Å². The number of ketones is 1. The van der Waals surface area contributed by atoms with Crippen molar-refractivity contribution in [1.82, 2.24) is 9.88 Å². The van der Waals surface area contributed by atoms with Gasteiger partial charge in [0.1, 0.15) is 11.5 Å². The van der Waals surface area contributed by atoms with E-state index in [4.69, 9.17) is 4.74 Å². The number of aliphatic hydroxyl groups is 1. The van der Waals surface area contributed by atoms with Crippen LogP contribution in [0.1, 0.15) is 54.6 Å². The lowest BCUT2D eigenvalue weighted by Crippen LogP contribution is -2.29. The van der Waals surface area contributed by atoms with E-state index in [0.29, 0.717) is 11.3 Å². The predicted molar refractivity (Wildman–Crippen MR) is 135 cm³/mol. The van der Waals surface area contributed by atoms with Gasteiger partial charge in [0.05, 0.1) is 18.7 Å². The molecule has 2 heterocycles. The molecule has 1 fully saturated rings. The topological polar surface area (TPSA) is 79.7 Å². The zero-order chi connectivity index (χ0) is 25.3. The van der Waals surface area contributed by atoms with Crippen LogP contribution in [0.2, 0.25) is 0 Å². The van der Waals surface area contributed by atoms with Crippen LogP contribution in [0, 0.1) is 6.92 Å². The van der Waals surface area contributed by atoms with E-state index in [9.17, 15) is 14.7 Å². The fourth-order valence-electron chi connectivity index (χ4n) is 4.55. The Labute approximate surface area is 205 Å². The molecule has 6 nitrogen and oxygen atoms in total. The van der Waals surface area contributed by atoms with Gasteiger partial charge in [-0.05, 0) is 53.3 Å². The van der Waals surface area contributed by atoms with Gasteiger partial charge in [-0.25, -0.2) is 0 Å². The average molecular weight is 471 g/mol. The first-order valence-corrected chi connectivity index (χ1v) is 11.5. The molecule has 3 aromatic rings. The monoisotopic (exact) mass is 470 g/mol. The number of nitrogens with zero attached hydrogens (tertiary/aromatic N) is 2. The molecule has 0 radical (unpaired) electrons. The number of aromatic nitrogens is 1. The molecule has 0 saturated carbocycles. The molecule has 0 bridgehead atoms. The van der Waals surface area contributed by atoms with E-state index in [1.54, 1.807) is 37.7 Å². The smallest absolute Gasteiger partial charge is 0.295 e. The Kier molecular flexibility index (Phi) is 6.48. The number of amides is 1. The standard InChI is InChI=1S/C29H30N2O4/c1-18-9-6-7-11-21(18)25-24(27(33)28(34)31(25)17-19-10-8-14-30-16-19)26(32)20-12-13-23(35-5)22(15-20)29(2,3)4/h6-16,25,32H,17H2,1-5H3/b26-24+. The molecular weight excluding hydrogens is 440 g/mol. The van der Waals surface area contributed by atoms with Gasteiger partial charge in [0.25, 0.3) is 11.7 Å². The highest BCUT2D eigenvalue weighted by atomic mass is 16.5. The molecule has 180 valence electrons. The van der Waals surface area contributed by atoms with E-state index in [2.05, 4.69) is 25.8 Å². The summed E-state index contributed by atoms with van der Waals surface area (Å²) in [6.45, 7) is 8.28. The van der Waals surface area contributed by atoms with Crippen molar-refractivity contribution in [2.24, 2.45) is 0 Å². The van der Waals surface area contributed by atoms with Crippen LogP contribution in [0.25, 0.3) is 5.76 Å². The minimum Gasteiger partial charge on any atom is -0.507 e. The first kappa shape index (κ1) is 24.2. The predicted octanol–water partition coefficient (Wildman–Crippen LogP) is 5.32. The molecule has 1 aliphatic heterocycles. The summed E-state index contributed by atoms with van der Waals surface area (Å²) in [7, 11) is 1.60. The fraction of sp³-hybridized carbons (Fsp3) is 0.276. The van der Waals surface area contributed by atoms with Crippen molar-refractivity contribution in [2.45, 2.75) is 45.7 Å². The van der Waals surface area contributed by atoms with Crippen molar-refractivity contribution in [2.75, 3.05) is 7.11 Å². The molecule has 1 saturated heterocycles. The van der Waals surface area contributed by atoms with Crippen molar-refractivity contribution in [3.05, 3.63) is 100 Å². The van der Waals surface area contributed by atoms with E-state index in [-0.39, 0.29) is 23.3 Å². The number of carbonyl (C=O) groups is 2. The number of pyridine rings is 1. The molecule has 1 aromatic heterocycles. The highest BCUT2D eigenvalue weighted by molar-refractivity contribution is 6.46. The van der Waals surface area contributed by atoms with Crippen molar-refractivity contribution in [1.29, 1.82) is 0 Å². The fourth-order valence-corrected chi connectivity index (χ4v) is 4.55. The molecular formula is C29H30N2O4. The number of hydrogen-bond acceptors (Lipinski definition) is 5. The molecule has 1 unspecified atom stereocenters. The first-order valence-electron chi connectivity index (χ1n) is 11.5. The van der Waals surface area contributed by atoms with Crippen molar-refractivity contribution in [3.63, 3.8) is 0 Å². The van der Waals surface area contributed by atoms with Gasteiger partial charge in [-0.15, -0.1) is 0 Å². The van der Waals surface area contributed by atoms with Gasteiger partial charge < -0.3 is 14.7 Å². The maximum Gasteiger partial charge on any atom is 0.295 e. The second kappa shape index (κ2) is 9.37. The highest BCUT2D eigenvalue weighted by Crippen LogP contribution is 2.42. The zero-order valence-corrected chi connectivity index (χ0v) is 20.7. The molecule has 1 amide bonds. The van der Waals surface area contributed by atoms with Gasteiger partial charge in [-0.1, -0.05) is 51.1 Å². The molecule has 2 aromatic carbocycles. The molecule has 1 N–H and O–H groups in total. The third-order valence-corrected chi connectivity index (χ3v) is 6.38. The summed E-state index contributed by atoms with van der Waals surface area (Å²) in [5.41, 5.74) is 3.69. The van der Waals surface area contributed by atoms with Crippen LogP contribution in [-0.2, 0) is 21.5 Å². The minimum atomic E-state index is -0.725. The lowest BCUT2D eigenvalue weighted by molar-refractivity contribution is -0.140. The van der Waals surface area contributed by atoms with Gasteiger partial charge in [0, 0.05) is 30.1 Å². The molecule has 4 rings (SSSR count). The quantitative estimate of drug-likeness (QED) is 0.310. The van der Waals surface area contributed by atoms with E-state index in [1.807, 2.05) is 43.3 Å². The molecule has 1 atom stereocenters. The molecule has 1 aliphatic rings. The number of carbonyl (C=O) groups excluding carboxylic acids is 2. The van der Waals surface area contributed by atoms with Crippen LogP contribution in [0.4, 0.5) is 0 Å². The number of aryl methyl sites for hydroxylation is 1. The SMILES string of the molecule is COc1ccc(/C(O)=C2\C(=O)C(=O)N(Cc3cccnc3)C2c2ccccc2C)cc1C(C)(C)C. The Morgan fingerprint density at radius 2 is 1.83 bits per heavy atom. The van der Waals surface area contributed by atoms with E-state index >= 15 is 0 Å². The number of methoxy groups -OCH3 is 1. The van der Waals surface area contributed by atoms with Crippen molar-refractivity contribution < 1.29 is 19.4 Å². The Morgan fingerprint density at radius 3 is 2.46 bits per heavy atom. The van der Waals surface area contributed by atoms with Crippen LogP contribution in [-0.4, -0.2) is 33.8 Å². The largest absolute Gasteiger partial charge is 0.507 e. The summed E-state index contributed by atoms with van der Waals surface area (Å²) in [6, 6.07) is 15.9. The van der Waals surface area contributed by atoms with Crippen molar-refractivity contribution in [3.8, 4) is 5.75 Å². The maximum absolute atomic E-state index is 13.4. The zero-order valence-electron chi connectivity index (χ0n) is 20.7. The summed E-state index contributed by atoms with van der Waals surface area (Å²) >= 11 is 0. The number of ether oxygens (including phenoxy) is 1. The molecule has 0 spiro atoms. The number of Topliss-reactive ketones (excluding diaryl/α,β-unsaturated/α-hetero) is 1. The summed E-state index contributed by atoms with van der Waals surface area (Å²) in [4.78, 5) is 32.3. The second-order valence-corrected chi connectivity index (χ2v) is 9.81. The molecule has 35 heavy (non-hydrogen) atoms. The molecule has 6 heteroatoms. The third-order valence-electron chi connectivity index (χ3n) is 6.38. The summed E-state index contributed by atoms with van der Waals surface area (Å²) in [5.74, 6) is -0.846. The highest BCUT2D eigenvalue weighted by Gasteiger charge is 2.46. The minimum absolute atomic E-state index is 0.0817. The van der Waals surface area contributed by atoms with Gasteiger partial charge in [-0.3, -0.25) is 14.6 Å². The van der Waals surface area contributed by atoms with E-state index < -0.39 is 17.7 Å². The normalized spacial score (nSPS) is 17.6. The van der Waals surface area contributed by atoms with Crippen LogP contribution in [0.15, 0.2) is 72.6 Å². The van der Waals surface area contributed by atoms with Crippen LogP contribution < -0.4 is 4.74 Å². The lowest BCUT2D eigenvalue weighted by atomic mass is 9.84. The lowest BCUT2D eigenvalue weighted by Gasteiger charge is -2.27. The number of hydrogen-bond donors (Lipinski definition) is 1. The van der Waals surface area contributed by atoms with Gasteiger partial charge in [0.15, 0.2) is 0 Å². The Morgan fingerprint density at radius 1 is 1.09 bits per heavy atom. The first-order chi connectivity index (χ1) is 16.6. The second-order valence-electron chi connectivity index (χ2n) is 9.81. The van der Waals surface area contributed by atoms with Crippen LogP contribution in [0.5, 0.6) is 5.75 Å². The average Bonchev–Trinajstić information content (AvgIpc) is 3.08. The summed E-state index contributed by atoms with van der Waals surface area (Å²) in [6.07, 6.45) is 3.33. The maximum atomic E-state index is 13.4. The Balaban J connectivity index is 1.91. The number of rotatable bonds is 5. The number of aliphatic hydroxyl groups excluding tert-OH is 1.